The summed E-state index contributed by atoms with van der Waals surface area (Å²) in [4.78, 5) is 26.0. The van der Waals surface area contributed by atoms with E-state index in [2.05, 4.69) is 0 Å². The maximum Gasteiger partial charge on any atom is 0.326 e. The molecule has 1 amide bonds. The summed E-state index contributed by atoms with van der Waals surface area (Å²) in [7, 11) is 1.67. The molecule has 0 aliphatic heterocycles. The Hall–Kier alpha value is -1.84. The van der Waals surface area contributed by atoms with Crippen molar-refractivity contribution in [2.24, 2.45) is 29.6 Å². The van der Waals surface area contributed by atoms with Crippen molar-refractivity contribution in [1.82, 2.24) is 4.90 Å². The molecule has 1 aromatic carbocycles. The monoisotopic (exact) mass is 313 g/mol. The van der Waals surface area contributed by atoms with Crippen LogP contribution < -0.4 is 0 Å². The zero-order valence-electron chi connectivity index (χ0n) is 13.4. The summed E-state index contributed by atoms with van der Waals surface area (Å²) >= 11 is 0. The maximum absolute atomic E-state index is 12.8. The number of carboxylic acid groups (broad SMARTS) is 1. The number of amides is 1. The first kappa shape index (κ1) is 14.7. The lowest BCUT2D eigenvalue weighted by Crippen LogP contribution is -2.45. The van der Waals surface area contributed by atoms with E-state index in [-0.39, 0.29) is 11.8 Å². The Labute approximate surface area is 136 Å². The first-order valence-corrected chi connectivity index (χ1v) is 8.61. The topological polar surface area (TPSA) is 57.6 Å². The van der Waals surface area contributed by atoms with E-state index in [4.69, 9.17) is 0 Å². The molecule has 0 heterocycles. The molecule has 3 fully saturated rings. The van der Waals surface area contributed by atoms with Crippen molar-refractivity contribution in [3.8, 4) is 0 Å². The third-order valence-electron chi connectivity index (χ3n) is 6.39. The zero-order chi connectivity index (χ0) is 16.1. The summed E-state index contributed by atoms with van der Waals surface area (Å²) in [6.45, 7) is 0. The molecule has 4 rings (SSSR count). The van der Waals surface area contributed by atoms with Crippen molar-refractivity contribution in [3.05, 3.63) is 35.9 Å². The number of benzene rings is 1. The molecule has 0 radical (unpaired) electrons. The number of rotatable bonds is 5. The van der Waals surface area contributed by atoms with Gasteiger partial charge >= 0.3 is 5.97 Å². The van der Waals surface area contributed by atoms with Gasteiger partial charge in [0.1, 0.15) is 6.04 Å². The Kier molecular flexibility index (Phi) is 3.43. The van der Waals surface area contributed by atoms with Gasteiger partial charge in [-0.1, -0.05) is 30.3 Å². The van der Waals surface area contributed by atoms with E-state index in [1.807, 2.05) is 30.3 Å². The maximum atomic E-state index is 12.8. The van der Waals surface area contributed by atoms with Gasteiger partial charge in [0.2, 0.25) is 5.91 Å². The van der Waals surface area contributed by atoms with Crippen LogP contribution >= 0.6 is 0 Å². The summed E-state index contributed by atoms with van der Waals surface area (Å²) in [5, 5.41) is 9.58. The molecular formula is C19H23NO3. The number of fused-ring (bicyclic) bond motifs is 5. The van der Waals surface area contributed by atoms with Gasteiger partial charge in [0.25, 0.3) is 0 Å². The largest absolute Gasteiger partial charge is 0.480 e. The Morgan fingerprint density at radius 2 is 1.78 bits per heavy atom. The number of carbonyl (C=O) groups excluding carboxylic acids is 1. The standard InChI is InChI=1S/C19H23NO3/c1-20(14(19(22)23)9-11-5-3-2-4-6-11)18(21)17-15-12-7-8-13(10-12)16(15)17/h2-6,12-17H,7-10H2,1H3,(H,22,23). The number of carbonyl (C=O) groups is 2. The number of likely N-dealkylation sites (N-methyl/N-ethyl adjacent to an activating group) is 1. The normalized spacial score (nSPS) is 34.7. The zero-order valence-corrected chi connectivity index (χ0v) is 13.4. The lowest BCUT2D eigenvalue weighted by Gasteiger charge is -2.26. The molecule has 23 heavy (non-hydrogen) atoms. The molecule has 1 aromatic rings. The van der Waals surface area contributed by atoms with Crippen LogP contribution in [-0.2, 0) is 16.0 Å². The summed E-state index contributed by atoms with van der Waals surface area (Å²) in [6, 6.07) is 8.78. The third kappa shape index (κ3) is 2.35. The number of hydrogen-bond donors (Lipinski definition) is 1. The molecule has 1 N–H and O–H groups in total. The molecule has 0 aromatic heterocycles. The number of nitrogens with zero attached hydrogens (tertiary/aromatic N) is 1. The highest BCUT2D eigenvalue weighted by molar-refractivity contribution is 5.87. The lowest BCUT2D eigenvalue weighted by atomic mass is 10.00. The summed E-state index contributed by atoms with van der Waals surface area (Å²) in [6.07, 6.45) is 4.21. The smallest absolute Gasteiger partial charge is 0.326 e. The van der Waals surface area contributed by atoms with Crippen LogP contribution in [0.1, 0.15) is 24.8 Å². The molecule has 3 aliphatic rings. The van der Waals surface area contributed by atoms with Gasteiger partial charge in [0.15, 0.2) is 0 Å². The van der Waals surface area contributed by atoms with Gasteiger partial charge in [-0.2, -0.15) is 0 Å². The van der Waals surface area contributed by atoms with E-state index in [1.54, 1.807) is 7.05 Å². The van der Waals surface area contributed by atoms with Crippen molar-refractivity contribution in [3.63, 3.8) is 0 Å². The van der Waals surface area contributed by atoms with Gasteiger partial charge < -0.3 is 10.0 Å². The van der Waals surface area contributed by atoms with Crippen LogP contribution in [0.5, 0.6) is 0 Å². The number of carboxylic acids is 1. The fourth-order valence-electron chi connectivity index (χ4n) is 5.27. The van der Waals surface area contributed by atoms with Crippen molar-refractivity contribution in [2.45, 2.75) is 31.7 Å². The van der Waals surface area contributed by atoms with Gasteiger partial charge in [-0.05, 0) is 48.5 Å². The van der Waals surface area contributed by atoms with Crippen LogP contribution in [0, 0.1) is 29.6 Å². The Morgan fingerprint density at radius 1 is 1.17 bits per heavy atom. The second kappa shape index (κ2) is 5.36. The minimum atomic E-state index is -0.918. The molecule has 5 atom stereocenters. The van der Waals surface area contributed by atoms with Gasteiger partial charge in [-0.15, -0.1) is 0 Å². The van der Waals surface area contributed by atoms with Crippen LogP contribution in [0.3, 0.4) is 0 Å². The SMILES string of the molecule is CN(C(=O)C1C2C3CCC(C3)C12)C(Cc1ccccc1)C(=O)O. The molecule has 3 aliphatic carbocycles. The number of aliphatic carboxylic acids is 1. The van der Waals surface area contributed by atoms with Crippen LogP contribution in [-0.4, -0.2) is 35.0 Å². The molecule has 2 bridgehead atoms. The van der Waals surface area contributed by atoms with Crippen molar-refractivity contribution in [1.29, 1.82) is 0 Å². The van der Waals surface area contributed by atoms with Crippen molar-refractivity contribution >= 4 is 11.9 Å². The molecule has 5 unspecified atom stereocenters. The molecule has 3 saturated carbocycles. The fraction of sp³-hybridized carbons (Fsp3) is 0.579. The second-order valence-corrected chi connectivity index (χ2v) is 7.51. The quantitative estimate of drug-likeness (QED) is 0.908. The van der Waals surface area contributed by atoms with E-state index in [1.165, 1.54) is 24.2 Å². The van der Waals surface area contributed by atoms with Crippen LogP contribution in [0.2, 0.25) is 0 Å². The highest BCUT2D eigenvalue weighted by Gasteiger charge is 2.68. The van der Waals surface area contributed by atoms with Gasteiger partial charge in [0.05, 0.1) is 0 Å². The molecule has 4 heteroatoms. The molecule has 122 valence electrons. The first-order valence-electron chi connectivity index (χ1n) is 8.61. The van der Waals surface area contributed by atoms with Crippen LogP contribution in [0.4, 0.5) is 0 Å². The van der Waals surface area contributed by atoms with Crippen molar-refractivity contribution < 1.29 is 14.7 Å². The predicted molar refractivity (Wildman–Crippen MR) is 85.6 cm³/mol. The second-order valence-electron chi connectivity index (χ2n) is 7.51. The van der Waals surface area contributed by atoms with E-state index in [9.17, 15) is 14.7 Å². The third-order valence-corrected chi connectivity index (χ3v) is 6.39. The lowest BCUT2D eigenvalue weighted by molar-refractivity contribution is -0.149. The highest BCUT2D eigenvalue weighted by atomic mass is 16.4. The molecule has 0 spiro atoms. The summed E-state index contributed by atoms with van der Waals surface area (Å²) in [5.74, 6) is 1.79. The average molecular weight is 313 g/mol. The van der Waals surface area contributed by atoms with E-state index >= 15 is 0 Å². The van der Waals surface area contributed by atoms with Crippen LogP contribution in [0.15, 0.2) is 30.3 Å². The molecule has 0 saturated heterocycles. The predicted octanol–water partition coefficient (Wildman–Crippen LogP) is 2.43. The average Bonchev–Trinajstić information content (AvgIpc) is 2.98. The highest BCUT2D eigenvalue weighted by Crippen LogP contribution is 2.69. The minimum Gasteiger partial charge on any atom is -0.480 e. The van der Waals surface area contributed by atoms with Gasteiger partial charge in [-0.3, -0.25) is 4.79 Å². The Bertz CT molecular complexity index is 613. The van der Waals surface area contributed by atoms with Gasteiger partial charge in [0, 0.05) is 19.4 Å². The summed E-state index contributed by atoms with van der Waals surface area (Å²) in [5.41, 5.74) is 0.954. The molecule has 4 nitrogen and oxygen atoms in total. The van der Waals surface area contributed by atoms with Crippen molar-refractivity contribution in [2.75, 3.05) is 7.05 Å². The van der Waals surface area contributed by atoms with Crippen LogP contribution in [0.25, 0.3) is 0 Å². The van der Waals surface area contributed by atoms with E-state index in [0.717, 1.165) is 17.4 Å². The van der Waals surface area contributed by atoms with E-state index in [0.29, 0.717) is 18.3 Å². The van der Waals surface area contributed by atoms with E-state index < -0.39 is 12.0 Å². The Balaban J connectivity index is 1.47. The molecular weight excluding hydrogens is 290 g/mol. The van der Waals surface area contributed by atoms with Gasteiger partial charge in [-0.25, -0.2) is 4.79 Å². The fourth-order valence-corrected chi connectivity index (χ4v) is 5.27. The number of hydrogen-bond acceptors (Lipinski definition) is 2. The summed E-state index contributed by atoms with van der Waals surface area (Å²) < 4.78 is 0. The Morgan fingerprint density at radius 3 is 2.35 bits per heavy atom. The first-order chi connectivity index (χ1) is 11.1. The minimum absolute atomic E-state index is 0.0555.